The lowest BCUT2D eigenvalue weighted by Crippen LogP contribution is -2.14. The van der Waals surface area contributed by atoms with Crippen molar-refractivity contribution < 1.29 is 23.1 Å². The predicted molar refractivity (Wildman–Crippen MR) is 114 cm³/mol. The van der Waals surface area contributed by atoms with Crippen LogP contribution in [0, 0.1) is 0 Å². The number of aromatic carboxylic acids is 1. The quantitative estimate of drug-likeness (QED) is 0.435. The number of rotatable bonds is 4. The van der Waals surface area contributed by atoms with E-state index < -0.39 is 23.3 Å². The maximum absolute atomic E-state index is 12.9. The van der Waals surface area contributed by atoms with E-state index >= 15 is 0 Å². The van der Waals surface area contributed by atoms with Crippen molar-refractivity contribution in [2.75, 3.05) is 10.2 Å². The van der Waals surface area contributed by atoms with Crippen molar-refractivity contribution >= 4 is 46.2 Å². The molecule has 4 rings (SSSR count). The van der Waals surface area contributed by atoms with E-state index in [4.69, 9.17) is 23.2 Å². The number of hydrogen-bond donors (Lipinski definition) is 2. The van der Waals surface area contributed by atoms with Crippen LogP contribution in [0.5, 0.6) is 0 Å². The lowest BCUT2D eigenvalue weighted by molar-refractivity contribution is -0.137. The average molecular weight is 467 g/mol. The van der Waals surface area contributed by atoms with Crippen LogP contribution in [0.3, 0.4) is 0 Å². The third-order valence-corrected chi connectivity index (χ3v) is 5.79. The summed E-state index contributed by atoms with van der Waals surface area (Å²) in [7, 11) is 0. The number of carbonyl (C=O) groups is 1. The number of hydrogen-bond acceptors (Lipinski definition) is 3. The highest BCUT2D eigenvalue weighted by Gasteiger charge is 2.32. The van der Waals surface area contributed by atoms with Crippen LogP contribution in [0.4, 0.5) is 30.2 Å². The fraction of sp³-hybridized carbons (Fsp3) is 0.136. The Bertz CT molecular complexity index is 1180. The summed E-state index contributed by atoms with van der Waals surface area (Å²) in [5.74, 6) is -1.44. The summed E-state index contributed by atoms with van der Waals surface area (Å²) in [6.45, 7) is 1.26. The van der Waals surface area contributed by atoms with E-state index in [1.54, 1.807) is 18.2 Å². The number of alkyl halides is 3. The molecular weight excluding hydrogens is 452 g/mol. The van der Waals surface area contributed by atoms with Gasteiger partial charge in [-0.2, -0.15) is 13.2 Å². The third-order valence-electron chi connectivity index (χ3n) is 5.05. The number of carboxylic acids is 1. The zero-order chi connectivity index (χ0) is 22.3. The average Bonchev–Trinajstić information content (AvgIpc) is 3.12. The van der Waals surface area contributed by atoms with Crippen LogP contribution in [-0.4, -0.2) is 11.1 Å². The van der Waals surface area contributed by atoms with E-state index in [0.717, 1.165) is 28.9 Å². The molecule has 31 heavy (non-hydrogen) atoms. The van der Waals surface area contributed by atoms with Gasteiger partial charge in [0.05, 0.1) is 26.9 Å². The highest BCUT2D eigenvalue weighted by Crippen LogP contribution is 2.35. The topological polar surface area (TPSA) is 52.6 Å². The number of carboxylic acid groups (broad SMARTS) is 1. The molecule has 1 aliphatic rings. The first kappa shape index (κ1) is 21.3. The van der Waals surface area contributed by atoms with Crippen LogP contribution < -0.4 is 10.2 Å². The number of fused-ring (bicyclic) bond motifs is 1. The number of halogens is 5. The molecule has 160 valence electrons. The summed E-state index contributed by atoms with van der Waals surface area (Å²) in [6.07, 6.45) is -4.62. The number of nitrogens with one attached hydrogen (secondary N) is 1. The standard InChI is InChI=1S/C22H15Cl2F3N2O2/c23-18-5-4-16(9-19(18)24)29-10-12-1-3-15(7-13(12)11-29)28-20-6-2-14(22(25,26)27)8-17(20)21(30)31/h1-9,28H,10-11H2,(H,30,31). The summed E-state index contributed by atoms with van der Waals surface area (Å²) >= 11 is 12.1. The molecule has 4 nitrogen and oxygen atoms in total. The maximum atomic E-state index is 12.9. The zero-order valence-corrected chi connectivity index (χ0v) is 17.3. The fourth-order valence-corrected chi connectivity index (χ4v) is 3.79. The van der Waals surface area contributed by atoms with Gasteiger partial charge in [0.25, 0.3) is 0 Å². The van der Waals surface area contributed by atoms with E-state index in [0.29, 0.717) is 34.9 Å². The van der Waals surface area contributed by atoms with Gasteiger partial charge in [-0.15, -0.1) is 0 Å². The largest absolute Gasteiger partial charge is 0.478 e. The third kappa shape index (κ3) is 4.43. The Hall–Kier alpha value is -2.90. The zero-order valence-electron chi connectivity index (χ0n) is 15.8. The van der Waals surface area contributed by atoms with Gasteiger partial charge in [0.1, 0.15) is 0 Å². The summed E-state index contributed by atoms with van der Waals surface area (Å²) in [6, 6.07) is 13.5. The summed E-state index contributed by atoms with van der Waals surface area (Å²) in [4.78, 5) is 13.6. The van der Waals surface area contributed by atoms with E-state index in [1.807, 2.05) is 18.2 Å². The van der Waals surface area contributed by atoms with Gasteiger partial charge < -0.3 is 15.3 Å². The van der Waals surface area contributed by atoms with Gasteiger partial charge in [0, 0.05) is 24.5 Å². The van der Waals surface area contributed by atoms with Crippen molar-refractivity contribution in [1.82, 2.24) is 0 Å². The summed E-state index contributed by atoms with van der Waals surface area (Å²) < 4.78 is 38.8. The molecule has 0 aliphatic carbocycles. The van der Waals surface area contributed by atoms with Crippen molar-refractivity contribution in [3.8, 4) is 0 Å². The van der Waals surface area contributed by atoms with Gasteiger partial charge in [-0.25, -0.2) is 4.79 Å². The first-order valence-electron chi connectivity index (χ1n) is 9.15. The van der Waals surface area contributed by atoms with E-state index in [1.165, 1.54) is 0 Å². The minimum absolute atomic E-state index is 0.0831. The van der Waals surface area contributed by atoms with Gasteiger partial charge in [-0.3, -0.25) is 0 Å². The molecule has 0 amide bonds. The molecule has 1 aliphatic heterocycles. The molecule has 0 saturated heterocycles. The minimum Gasteiger partial charge on any atom is -0.478 e. The molecule has 0 fully saturated rings. The predicted octanol–water partition coefficient (Wildman–Crippen LogP) is 6.97. The Balaban J connectivity index is 1.58. The molecule has 0 saturated carbocycles. The van der Waals surface area contributed by atoms with Crippen LogP contribution >= 0.6 is 23.2 Å². The molecule has 3 aromatic rings. The molecule has 9 heteroatoms. The van der Waals surface area contributed by atoms with E-state index in [9.17, 15) is 23.1 Å². The lowest BCUT2D eigenvalue weighted by Gasteiger charge is -2.18. The Kier molecular flexibility index (Phi) is 5.49. The van der Waals surface area contributed by atoms with Gasteiger partial charge >= 0.3 is 12.1 Å². The molecule has 1 heterocycles. The first-order valence-corrected chi connectivity index (χ1v) is 9.91. The highest BCUT2D eigenvalue weighted by molar-refractivity contribution is 6.42. The SMILES string of the molecule is O=C(O)c1cc(C(F)(F)F)ccc1Nc1ccc2c(c1)CN(c1ccc(Cl)c(Cl)c1)C2. The molecule has 3 aromatic carbocycles. The molecule has 0 radical (unpaired) electrons. The summed E-state index contributed by atoms with van der Waals surface area (Å²) in [5, 5.41) is 13.2. The van der Waals surface area contributed by atoms with Gasteiger partial charge in [0.2, 0.25) is 0 Å². The molecule has 0 unspecified atom stereocenters. The summed E-state index contributed by atoms with van der Waals surface area (Å²) in [5.41, 5.74) is 2.21. The Labute approximate surface area is 185 Å². The number of anilines is 3. The Morgan fingerprint density at radius 3 is 2.35 bits per heavy atom. The lowest BCUT2D eigenvalue weighted by atomic mass is 10.1. The van der Waals surface area contributed by atoms with Crippen LogP contribution in [0.2, 0.25) is 10.0 Å². The second kappa shape index (κ2) is 7.98. The van der Waals surface area contributed by atoms with Crippen molar-refractivity contribution in [2.45, 2.75) is 19.3 Å². The number of benzene rings is 3. The van der Waals surface area contributed by atoms with Crippen molar-refractivity contribution in [3.05, 3.63) is 86.9 Å². The first-order chi connectivity index (χ1) is 14.6. The monoisotopic (exact) mass is 466 g/mol. The van der Waals surface area contributed by atoms with Gasteiger partial charge in [0.15, 0.2) is 0 Å². The van der Waals surface area contributed by atoms with Gasteiger partial charge in [-0.05, 0) is 59.7 Å². The maximum Gasteiger partial charge on any atom is 0.416 e. The van der Waals surface area contributed by atoms with E-state index in [-0.39, 0.29) is 5.69 Å². The van der Waals surface area contributed by atoms with Crippen LogP contribution in [0.25, 0.3) is 0 Å². The van der Waals surface area contributed by atoms with Crippen molar-refractivity contribution in [2.24, 2.45) is 0 Å². The minimum atomic E-state index is -4.62. The second-order valence-corrected chi connectivity index (χ2v) is 7.94. The molecule has 0 spiro atoms. The normalized spacial score (nSPS) is 13.3. The second-order valence-electron chi connectivity index (χ2n) is 7.13. The number of nitrogens with zero attached hydrogens (tertiary/aromatic N) is 1. The fourth-order valence-electron chi connectivity index (χ4n) is 3.50. The highest BCUT2D eigenvalue weighted by atomic mass is 35.5. The van der Waals surface area contributed by atoms with Gasteiger partial charge in [-0.1, -0.05) is 29.3 Å². The molecule has 0 aromatic heterocycles. The smallest absolute Gasteiger partial charge is 0.416 e. The molecule has 2 N–H and O–H groups in total. The Morgan fingerprint density at radius 1 is 0.935 bits per heavy atom. The molecule has 0 atom stereocenters. The van der Waals surface area contributed by atoms with Crippen molar-refractivity contribution in [3.63, 3.8) is 0 Å². The van der Waals surface area contributed by atoms with Crippen LogP contribution in [-0.2, 0) is 19.3 Å². The molecular formula is C22H15Cl2F3N2O2. The van der Waals surface area contributed by atoms with Crippen LogP contribution in [0.1, 0.15) is 27.0 Å². The van der Waals surface area contributed by atoms with Crippen LogP contribution in [0.15, 0.2) is 54.6 Å². The Morgan fingerprint density at radius 2 is 1.68 bits per heavy atom. The van der Waals surface area contributed by atoms with Crippen molar-refractivity contribution in [1.29, 1.82) is 0 Å². The molecule has 0 bridgehead atoms. The van der Waals surface area contributed by atoms with E-state index in [2.05, 4.69) is 10.2 Å².